The van der Waals surface area contributed by atoms with Gasteiger partial charge in [0.25, 0.3) is 0 Å². The topological polar surface area (TPSA) is 63.4 Å². The van der Waals surface area contributed by atoms with Gasteiger partial charge in [0.1, 0.15) is 0 Å². The molecule has 1 fully saturated rings. The van der Waals surface area contributed by atoms with Crippen molar-refractivity contribution >= 4 is 16.5 Å². The van der Waals surface area contributed by atoms with Crippen molar-refractivity contribution in [3.05, 3.63) is 11.1 Å². The van der Waals surface area contributed by atoms with E-state index in [1.807, 2.05) is 6.20 Å². The third kappa shape index (κ3) is 3.92. The number of thiazole rings is 1. The van der Waals surface area contributed by atoms with Crippen molar-refractivity contribution in [2.75, 3.05) is 25.6 Å². The van der Waals surface area contributed by atoms with Crippen molar-refractivity contribution in [1.29, 1.82) is 0 Å². The highest BCUT2D eigenvalue weighted by molar-refractivity contribution is 7.15. The number of ether oxygens (including phenoxy) is 1. The van der Waals surface area contributed by atoms with Crippen molar-refractivity contribution in [3.63, 3.8) is 0 Å². The highest BCUT2D eigenvalue weighted by atomic mass is 32.1. The van der Waals surface area contributed by atoms with Gasteiger partial charge in [0.15, 0.2) is 5.13 Å². The van der Waals surface area contributed by atoms with Gasteiger partial charge in [-0.15, -0.1) is 0 Å². The van der Waals surface area contributed by atoms with Gasteiger partial charge in [-0.2, -0.15) is 0 Å². The maximum Gasteiger partial charge on any atom is 0.197 e. The number of nitrogens with two attached hydrogens (primary N) is 1. The van der Waals surface area contributed by atoms with E-state index in [-0.39, 0.29) is 0 Å². The number of rotatable bonds is 5. The molecule has 17 heavy (non-hydrogen) atoms. The predicted molar refractivity (Wildman–Crippen MR) is 69.8 cm³/mol. The molecule has 1 aliphatic rings. The number of hydrazine groups is 1. The van der Waals surface area contributed by atoms with Gasteiger partial charge < -0.3 is 4.74 Å². The number of likely N-dealkylation sites (N-methyl/N-ethyl adjacent to an activating group) is 1. The van der Waals surface area contributed by atoms with Crippen LogP contribution in [0, 0.1) is 0 Å². The second kappa shape index (κ2) is 6.30. The lowest BCUT2D eigenvalue weighted by Gasteiger charge is -2.27. The lowest BCUT2D eigenvalue weighted by molar-refractivity contribution is -0.00246. The molecule has 3 N–H and O–H groups in total. The first-order chi connectivity index (χ1) is 8.28. The molecule has 0 spiro atoms. The Hall–Kier alpha value is -0.690. The average molecular weight is 256 g/mol. The zero-order chi connectivity index (χ0) is 12.1. The van der Waals surface area contributed by atoms with Gasteiger partial charge in [0, 0.05) is 30.8 Å². The second-order valence-corrected chi connectivity index (χ2v) is 5.58. The van der Waals surface area contributed by atoms with E-state index in [0.717, 1.165) is 24.8 Å². The van der Waals surface area contributed by atoms with Crippen LogP contribution in [-0.2, 0) is 11.3 Å². The maximum atomic E-state index is 5.73. The minimum atomic E-state index is 0.397. The zero-order valence-electron chi connectivity index (χ0n) is 10.2. The van der Waals surface area contributed by atoms with E-state index < -0.39 is 0 Å². The van der Waals surface area contributed by atoms with Crippen molar-refractivity contribution in [2.45, 2.75) is 31.9 Å². The standard InChI is InChI=1S/C11H20N4OS/c1-15(7-9-4-2-3-5-16-9)8-10-6-13-11(14-12)17-10/h6,9H,2-5,7-8,12H2,1H3,(H,13,14). The first kappa shape index (κ1) is 12.8. The van der Waals surface area contributed by atoms with E-state index in [4.69, 9.17) is 10.6 Å². The molecule has 5 nitrogen and oxygen atoms in total. The van der Waals surface area contributed by atoms with E-state index >= 15 is 0 Å². The third-order valence-corrected chi connectivity index (χ3v) is 3.81. The predicted octanol–water partition coefficient (Wildman–Crippen LogP) is 1.43. The summed E-state index contributed by atoms with van der Waals surface area (Å²) < 4.78 is 5.73. The Morgan fingerprint density at radius 2 is 2.53 bits per heavy atom. The van der Waals surface area contributed by atoms with Crippen molar-refractivity contribution in [2.24, 2.45) is 5.84 Å². The fraction of sp³-hybridized carbons (Fsp3) is 0.727. The third-order valence-electron chi connectivity index (χ3n) is 2.89. The Morgan fingerprint density at radius 1 is 1.65 bits per heavy atom. The number of anilines is 1. The van der Waals surface area contributed by atoms with Crippen LogP contribution < -0.4 is 11.3 Å². The first-order valence-electron chi connectivity index (χ1n) is 5.99. The lowest BCUT2D eigenvalue weighted by Crippen LogP contribution is -2.32. The van der Waals surface area contributed by atoms with Crippen molar-refractivity contribution in [1.82, 2.24) is 9.88 Å². The van der Waals surface area contributed by atoms with Crippen molar-refractivity contribution < 1.29 is 4.74 Å². The van der Waals surface area contributed by atoms with Crippen LogP contribution in [0.25, 0.3) is 0 Å². The smallest absolute Gasteiger partial charge is 0.197 e. The van der Waals surface area contributed by atoms with E-state index in [0.29, 0.717) is 6.10 Å². The van der Waals surface area contributed by atoms with Gasteiger partial charge >= 0.3 is 0 Å². The number of aromatic nitrogens is 1. The summed E-state index contributed by atoms with van der Waals surface area (Å²) >= 11 is 1.59. The summed E-state index contributed by atoms with van der Waals surface area (Å²) in [4.78, 5) is 7.66. The van der Waals surface area contributed by atoms with Crippen LogP contribution in [-0.4, -0.2) is 36.2 Å². The molecule has 0 saturated carbocycles. The number of nitrogens with zero attached hydrogens (tertiary/aromatic N) is 2. The Labute approximate surface area is 106 Å². The summed E-state index contributed by atoms with van der Waals surface area (Å²) in [5.41, 5.74) is 2.57. The molecule has 6 heteroatoms. The Bertz CT molecular complexity index is 338. The quantitative estimate of drug-likeness (QED) is 0.616. The highest BCUT2D eigenvalue weighted by Gasteiger charge is 2.16. The molecule has 1 saturated heterocycles. The molecule has 0 radical (unpaired) electrons. The minimum Gasteiger partial charge on any atom is -0.377 e. The number of nitrogen functional groups attached to an aromatic ring is 1. The van der Waals surface area contributed by atoms with Crippen LogP contribution >= 0.6 is 11.3 Å². The summed E-state index contributed by atoms with van der Waals surface area (Å²) in [6, 6.07) is 0. The largest absolute Gasteiger partial charge is 0.377 e. The van der Waals surface area contributed by atoms with Crippen LogP contribution in [0.3, 0.4) is 0 Å². The number of hydrogen-bond acceptors (Lipinski definition) is 6. The molecule has 1 unspecified atom stereocenters. The molecular weight excluding hydrogens is 236 g/mol. The zero-order valence-corrected chi connectivity index (χ0v) is 11.0. The molecule has 96 valence electrons. The number of hydrogen-bond donors (Lipinski definition) is 2. The average Bonchev–Trinajstić information content (AvgIpc) is 2.78. The van der Waals surface area contributed by atoms with E-state index in [9.17, 15) is 0 Å². The van der Waals surface area contributed by atoms with Crippen LogP contribution in [0.4, 0.5) is 5.13 Å². The SMILES string of the molecule is CN(Cc1cnc(NN)s1)CC1CCCCO1. The summed E-state index contributed by atoms with van der Waals surface area (Å²) in [6.45, 7) is 2.81. The fourth-order valence-electron chi connectivity index (χ4n) is 2.08. The van der Waals surface area contributed by atoms with Crippen LogP contribution in [0.1, 0.15) is 24.1 Å². The first-order valence-corrected chi connectivity index (χ1v) is 6.81. The monoisotopic (exact) mass is 256 g/mol. The second-order valence-electron chi connectivity index (χ2n) is 4.46. The molecule has 0 amide bonds. The van der Waals surface area contributed by atoms with E-state index in [1.54, 1.807) is 11.3 Å². The summed E-state index contributed by atoms with van der Waals surface area (Å²) in [6.07, 6.45) is 5.95. The van der Waals surface area contributed by atoms with E-state index in [1.165, 1.54) is 24.1 Å². The maximum absolute atomic E-state index is 5.73. The summed E-state index contributed by atoms with van der Waals surface area (Å²) in [5, 5.41) is 0.766. The van der Waals surface area contributed by atoms with Gasteiger partial charge in [-0.3, -0.25) is 10.3 Å². The molecule has 1 aromatic rings. The molecule has 0 aliphatic carbocycles. The molecule has 2 heterocycles. The normalized spacial score (nSPS) is 20.8. The van der Waals surface area contributed by atoms with Gasteiger partial charge in [-0.1, -0.05) is 11.3 Å². The molecule has 0 aromatic carbocycles. The Kier molecular flexibility index (Phi) is 4.73. The minimum absolute atomic E-state index is 0.397. The van der Waals surface area contributed by atoms with E-state index in [2.05, 4.69) is 22.4 Å². The van der Waals surface area contributed by atoms with Crippen molar-refractivity contribution in [3.8, 4) is 0 Å². The van der Waals surface area contributed by atoms with Gasteiger partial charge in [0.05, 0.1) is 6.10 Å². The lowest BCUT2D eigenvalue weighted by atomic mass is 10.1. The van der Waals surface area contributed by atoms with Gasteiger partial charge in [0.2, 0.25) is 0 Å². The molecule has 1 atom stereocenters. The fourth-order valence-corrected chi connectivity index (χ4v) is 2.88. The van der Waals surface area contributed by atoms with Gasteiger partial charge in [-0.05, 0) is 26.3 Å². The summed E-state index contributed by atoms with van der Waals surface area (Å²) in [5.74, 6) is 5.31. The molecule has 2 rings (SSSR count). The summed E-state index contributed by atoms with van der Waals surface area (Å²) in [7, 11) is 2.12. The molecule has 0 bridgehead atoms. The van der Waals surface area contributed by atoms with Crippen LogP contribution in [0.5, 0.6) is 0 Å². The van der Waals surface area contributed by atoms with Crippen LogP contribution in [0.15, 0.2) is 6.20 Å². The molecular formula is C11H20N4OS. The highest BCUT2D eigenvalue weighted by Crippen LogP contribution is 2.19. The van der Waals surface area contributed by atoms with Crippen LogP contribution in [0.2, 0.25) is 0 Å². The number of nitrogens with one attached hydrogen (secondary N) is 1. The Balaban J connectivity index is 1.77. The Morgan fingerprint density at radius 3 is 3.18 bits per heavy atom. The molecule has 1 aliphatic heterocycles. The van der Waals surface area contributed by atoms with Gasteiger partial charge in [-0.25, -0.2) is 10.8 Å². The molecule has 1 aromatic heterocycles.